The van der Waals surface area contributed by atoms with Gasteiger partial charge in [-0.2, -0.15) is 26.3 Å². The number of hydrogen-bond acceptors (Lipinski definition) is 0. The molecule has 0 spiro atoms. The second kappa shape index (κ2) is 7.04. The number of fused-ring (bicyclic) bond motifs is 1. The molecule has 0 nitrogen and oxygen atoms in total. The van der Waals surface area contributed by atoms with Crippen molar-refractivity contribution in [1.29, 1.82) is 0 Å². The highest BCUT2D eigenvalue weighted by Gasteiger charge is 2.37. The zero-order chi connectivity index (χ0) is 21.7. The lowest BCUT2D eigenvalue weighted by atomic mass is 9.90. The Kier molecular flexibility index (Phi) is 4.76. The molecule has 0 bridgehead atoms. The normalized spacial score (nSPS) is 13.9. The lowest BCUT2D eigenvalue weighted by Gasteiger charge is -2.17. The molecule has 0 fully saturated rings. The van der Waals surface area contributed by atoms with E-state index in [4.69, 9.17) is 0 Å². The van der Waals surface area contributed by atoms with E-state index in [9.17, 15) is 26.3 Å². The summed E-state index contributed by atoms with van der Waals surface area (Å²) in [6.07, 6.45) is -6.09. The fourth-order valence-corrected chi connectivity index (χ4v) is 3.67. The van der Waals surface area contributed by atoms with Crippen molar-refractivity contribution >= 4 is 11.6 Å². The summed E-state index contributed by atoms with van der Waals surface area (Å²) in [5.74, 6) is 0. The topological polar surface area (TPSA) is 0 Å². The molecular weight excluding hydrogens is 402 g/mol. The third kappa shape index (κ3) is 3.74. The largest absolute Gasteiger partial charge is 0.416 e. The third-order valence-corrected chi connectivity index (χ3v) is 5.08. The Balaban J connectivity index is 1.93. The number of aryl methyl sites for hydroxylation is 1. The fourth-order valence-electron chi connectivity index (χ4n) is 3.67. The van der Waals surface area contributed by atoms with Crippen molar-refractivity contribution in [3.05, 3.63) is 100 Å². The highest BCUT2D eigenvalue weighted by molar-refractivity contribution is 5.99. The van der Waals surface area contributed by atoms with Crippen LogP contribution >= 0.6 is 0 Å². The van der Waals surface area contributed by atoms with Crippen molar-refractivity contribution in [3.8, 4) is 11.1 Å². The zero-order valence-electron chi connectivity index (χ0n) is 15.7. The molecule has 6 heteroatoms. The Bertz CT molecular complexity index is 1100. The molecule has 0 saturated heterocycles. The van der Waals surface area contributed by atoms with Crippen LogP contribution in [0, 0.1) is 13.3 Å². The number of hydrogen-bond donors (Lipinski definition) is 0. The maximum atomic E-state index is 13.3. The van der Waals surface area contributed by atoms with Gasteiger partial charge in [-0.05, 0) is 70.2 Å². The first-order valence-electron chi connectivity index (χ1n) is 9.09. The predicted octanol–water partition coefficient (Wildman–Crippen LogP) is 7.81. The van der Waals surface area contributed by atoms with Gasteiger partial charge in [0.05, 0.1) is 11.1 Å². The van der Waals surface area contributed by atoms with Gasteiger partial charge in [0.1, 0.15) is 0 Å². The van der Waals surface area contributed by atoms with E-state index in [-0.39, 0.29) is 11.6 Å². The van der Waals surface area contributed by atoms with Crippen LogP contribution < -0.4 is 0 Å². The molecule has 0 saturated carbocycles. The molecule has 0 atom stereocenters. The number of benzene rings is 3. The first-order valence-corrected chi connectivity index (χ1v) is 9.09. The van der Waals surface area contributed by atoms with E-state index in [1.54, 1.807) is 19.1 Å². The average Bonchev–Trinajstić information content (AvgIpc) is 3.11. The molecule has 0 unspecified atom stereocenters. The van der Waals surface area contributed by atoms with Gasteiger partial charge in [0.25, 0.3) is 0 Å². The highest BCUT2D eigenvalue weighted by atomic mass is 19.4. The molecule has 0 aromatic heterocycles. The van der Waals surface area contributed by atoms with Gasteiger partial charge in [-0.1, -0.05) is 42.5 Å². The van der Waals surface area contributed by atoms with Crippen LogP contribution in [0.3, 0.4) is 0 Å². The van der Waals surface area contributed by atoms with Crippen molar-refractivity contribution in [1.82, 2.24) is 0 Å². The molecule has 3 aromatic carbocycles. The van der Waals surface area contributed by atoms with E-state index in [0.717, 1.165) is 28.8 Å². The smallest absolute Gasteiger partial charge is 0.166 e. The molecule has 1 radical (unpaired) electrons. The van der Waals surface area contributed by atoms with Crippen LogP contribution in [-0.2, 0) is 12.4 Å². The van der Waals surface area contributed by atoms with Gasteiger partial charge in [0.15, 0.2) is 0 Å². The number of halogens is 6. The van der Waals surface area contributed by atoms with Crippen molar-refractivity contribution < 1.29 is 26.3 Å². The summed E-state index contributed by atoms with van der Waals surface area (Å²) in [7, 11) is 0. The Labute approximate surface area is 169 Å². The summed E-state index contributed by atoms with van der Waals surface area (Å²) in [6, 6.07) is 14.6. The number of rotatable bonds is 2. The zero-order valence-corrected chi connectivity index (χ0v) is 15.7. The molecule has 0 amide bonds. The van der Waals surface area contributed by atoms with Crippen LogP contribution in [-0.4, -0.2) is 0 Å². The Morgan fingerprint density at radius 2 is 1.27 bits per heavy atom. The van der Waals surface area contributed by atoms with Crippen molar-refractivity contribution in [3.63, 3.8) is 0 Å². The second-order valence-corrected chi connectivity index (χ2v) is 7.16. The first-order chi connectivity index (χ1) is 14.0. The highest BCUT2D eigenvalue weighted by Crippen LogP contribution is 2.44. The van der Waals surface area contributed by atoms with E-state index >= 15 is 0 Å². The van der Waals surface area contributed by atoms with E-state index in [0.29, 0.717) is 16.7 Å². The van der Waals surface area contributed by atoms with E-state index in [1.807, 2.05) is 42.8 Å². The van der Waals surface area contributed by atoms with Gasteiger partial charge in [-0.25, -0.2) is 0 Å². The molecule has 1 aliphatic carbocycles. The van der Waals surface area contributed by atoms with Gasteiger partial charge in [0, 0.05) is 6.42 Å². The molecule has 30 heavy (non-hydrogen) atoms. The van der Waals surface area contributed by atoms with Crippen LogP contribution in [0.1, 0.15) is 33.4 Å². The maximum Gasteiger partial charge on any atom is 0.416 e. The number of alkyl halides is 6. The van der Waals surface area contributed by atoms with Crippen LogP contribution in [0.5, 0.6) is 0 Å². The molecule has 0 N–H and O–H groups in total. The van der Waals surface area contributed by atoms with Crippen LogP contribution in [0.15, 0.2) is 60.7 Å². The molecule has 4 rings (SSSR count). The van der Waals surface area contributed by atoms with Crippen molar-refractivity contribution in [2.24, 2.45) is 0 Å². The third-order valence-electron chi connectivity index (χ3n) is 5.08. The fraction of sp³-hybridized carbons (Fsp3) is 0.125. The Morgan fingerprint density at radius 1 is 0.667 bits per heavy atom. The molecule has 0 aliphatic heterocycles. The lowest BCUT2D eigenvalue weighted by Crippen LogP contribution is -2.11. The summed E-state index contributed by atoms with van der Waals surface area (Å²) in [4.78, 5) is 0. The van der Waals surface area contributed by atoms with Crippen molar-refractivity contribution in [2.45, 2.75) is 19.3 Å². The van der Waals surface area contributed by atoms with Crippen LogP contribution in [0.4, 0.5) is 26.3 Å². The molecule has 153 valence electrons. The summed E-state index contributed by atoms with van der Waals surface area (Å²) in [6.45, 7) is 1.68. The summed E-state index contributed by atoms with van der Waals surface area (Å²) in [5.41, 5.74) is 1.34. The SMILES string of the molecule is Cc1ccc2c(c1-c1cc(C(F)(F)F)cc(C(F)(F)F)c1)C=C(c1ccccc1)[CH]2. The van der Waals surface area contributed by atoms with Crippen LogP contribution in [0.25, 0.3) is 22.8 Å². The van der Waals surface area contributed by atoms with Gasteiger partial charge in [-0.3, -0.25) is 0 Å². The summed E-state index contributed by atoms with van der Waals surface area (Å²) in [5, 5.41) is 0. The van der Waals surface area contributed by atoms with Gasteiger partial charge >= 0.3 is 12.4 Å². The maximum absolute atomic E-state index is 13.3. The predicted molar refractivity (Wildman–Crippen MR) is 104 cm³/mol. The van der Waals surface area contributed by atoms with Gasteiger partial charge in [-0.15, -0.1) is 0 Å². The van der Waals surface area contributed by atoms with Gasteiger partial charge < -0.3 is 0 Å². The van der Waals surface area contributed by atoms with Gasteiger partial charge in [0.2, 0.25) is 0 Å². The summed E-state index contributed by atoms with van der Waals surface area (Å²) >= 11 is 0. The van der Waals surface area contributed by atoms with Crippen LogP contribution in [0.2, 0.25) is 0 Å². The average molecular weight is 417 g/mol. The Hall–Kier alpha value is -3.02. The number of allylic oxidation sites excluding steroid dienone is 1. The first kappa shape index (κ1) is 20.3. The quantitative estimate of drug-likeness (QED) is 0.373. The molecule has 1 aliphatic rings. The van der Waals surface area contributed by atoms with E-state index in [1.165, 1.54) is 0 Å². The minimum absolute atomic E-state index is 0.106. The standard InChI is InChI=1S/C24H15F6/c1-14-7-8-16-9-17(15-5-3-2-4-6-15)12-21(16)22(14)18-10-19(23(25,26)27)13-20(11-18)24(28,29)30/h2-13H,1H3. The Morgan fingerprint density at radius 3 is 1.83 bits per heavy atom. The minimum Gasteiger partial charge on any atom is -0.166 e. The summed E-state index contributed by atoms with van der Waals surface area (Å²) < 4.78 is 79.9. The monoisotopic (exact) mass is 417 g/mol. The molecular formula is C24H15F6. The molecule has 3 aromatic rings. The lowest BCUT2D eigenvalue weighted by molar-refractivity contribution is -0.143. The minimum atomic E-state index is -4.89. The van der Waals surface area contributed by atoms with E-state index in [2.05, 4.69) is 0 Å². The van der Waals surface area contributed by atoms with Crippen molar-refractivity contribution in [2.75, 3.05) is 0 Å². The van der Waals surface area contributed by atoms with E-state index < -0.39 is 23.5 Å². The molecule has 0 heterocycles. The second-order valence-electron chi connectivity index (χ2n) is 7.16.